The summed E-state index contributed by atoms with van der Waals surface area (Å²) in [4.78, 5) is 8.24. The Balaban J connectivity index is 1.27. The van der Waals surface area contributed by atoms with Crippen LogP contribution in [0.25, 0.3) is 21.8 Å². The fourth-order valence-corrected chi connectivity index (χ4v) is 6.31. The van der Waals surface area contributed by atoms with Gasteiger partial charge in [-0.15, -0.1) is 5.10 Å². The molecule has 0 unspecified atom stereocenters. The number of halogens is 1. The second kappa shape index (κ2) is 10.3. The topological polar surface area (TPSA) is 49.9 Å². The Hall–Kier alpha value is -3.41. The van der Waals surface area contributed by atoms with Crippen LogP contribution in [0.1, 0.15) is 39.0 Å². The molecule has 8 heteroatoms. The SMILES string of the molecule is [C-]#[N+]c1ccc(-c2cc(NCC34CCN(CC3)CC4)nn2-c2ccc(N3CCC(C)(OC)CC3)cc2)cc1F. The van der Waals surface area contributed by atoms with Crippen LogP contribution in [0.15, 0.2) is 48.5 Å². The maximum Gasteiger partial charge on any atom is 0.222 e. The fraction of sp³-hybridized carbons (Fsp3) is 0.484. The lowest BCUT2D eigenvalue weighted by Gasteiger charge is -2.48. The molecule has 4 fully saturated rings. The van der Waals surface area contributed by atoms with Gasteiger partial charge in [-0.2, -0.15) is 0 Å². The smallest absolute Gasteiger partial charge is 0.222 e. The van der Waals surface area contributed by atoms with E-state index in [1.54, 1.807) is 19.2 Å². The first-order chi connectivity index (χ1) is 18.9. The van der Waals surface area contributed by atoms with E-state index < -0.39 is 5.82 Å². The molecule has 4 saturated heterocycles. The number of methoxy groups -OCH3 is 1. The zero-order valence-electron chi connectivity index (χ0n) is 22.9. The average Bonchev–Trinajstić information content (AvgIpc) is 3.42. The highest BCUT2D eigenvalue weighted by atomic mass is 19.1. The monoisotopic (exact) mass is 528 g/mol. The molecule has 7 nitrogen and oxygen atoms in total. The van der Waals surface area contributed by atoms with Gasteiger partial charge in [0.05, 0.1) is 23.6 Å². The molecular formula is C31H37FN6O. The lowest BCUT2D eigenvalue weighted by molar-refractivity contribution is -0.0132. The van der Waals surface area contributed by atoms with E-state index in [0.717, 1.165) is 49.7 Å². The average molecular weight is 529 g/mol. The van der Waals surface area contributed by atoms with E-state index in [-0.39, 0.29) is 11.3 Å². The summed E-state index contributed by atoms with van der Waals surface area (Å²) >= 11 is 0. The molecule has 3 aromatic rings. The van der Waals surface area contributed by atoms with Gasteiger partial charge in [-0.1, -0.05) is 12.1 Å². The molecule has 2 bridgehead atoms. The number of nitrogens with zero attached hydrogens (tertiary/aromatic N) is 5. The van der Waals surface area contributed by atoms with Gasteiger partial charge in [0.2, 0.25) is 5.69 Å². The predicted octanol–water partition coefficient (Wildman–Crippen LogP) is 6.13. The summed E-state index contributed by atoms with van der Waals surface area (Å²) in [6.45, 7) is 15.8. The zero-order chi connectivity index (χ0) is 27.0. The summed E-state index contributed by atoms with van der Waals surface area (Å²) in [7, 11) is 1.80. The Morgan fingerprint density at radius 2 is 1.62 bits per heavy atom. The molecule has 7 rings (SSSR count). The van der Waals surface area contributed by atoms with Crippen molar-refractivity contribution in [1.29, 1.82) is 0 Å². The second-order valence-electron chi connectivity index (χ2n) is 11.7. The molecule has 1 N–H and O–H groups in total. The van der Waals surface area contributed by atoms with E-state index in [1.807, 2.05) is 10.7 Å². The number of benzene rings is 2. The van der Waals surface area contributed by atoms with Crippen LogP contribution in [0, 0.1) is 17.8 Å². The van der Waals surface area contributed by atoms with Crippen molar-refractivity contribution in [2.24, 2.45) is 5.41 Å². The van der Waals surface area contributed by atoms with E-state index in [2.05, 4.69) is 51.2 Å². The summed E-state index contributed by atoms with van der Waals surface area (Å²) in [6.07, 6.45) is 5.65. The molecule has 0 radical (unpaired) electrons. The summed E-state index contributed by atoms with van der Waals surface area (Å²) in [6, 6.07) is 15.2. The molecule has 204 valence electrons. The first-order valence-corrected chi connectivity index (χ1v) is 14.0. The molecule has 0 amide bonds. The van der Waals surface area contributed by atoms with Crippen molar-refractivity contribution in [3.8, 4) is 16.9 Å². The third-order valence-corrected chi connectivity index (χ3v) is 9.37. The van der Waals surface area contributed by atoms with Crippen LogP contribution in [-0.4, -0.2) is 66.7 Å². The van der Waals surface area contributed by atoms with Crippen molar-refractivity contribution in [2.45, 2.75) is 44.6 Å². The van der Waals surface area contributed by atoms with Crippen molar-refractivity contribution in [1.82, 2.24) is 14.7 Å². The number of piperidine rings is 4. The fourth-order valence-electron chi connectivity index (χ4n) is 6.31. The summed E-state index contributed by atoms with van der Waals surface area (Å²) in [5.41, 5.74) is 3.90. The minimum Gasteiger partial charge on any atom is -0.378 e. The highest BCUT2D eigenvalue weighted by Crippen LogP contribution is 2.40. The molecule has 5 heterocycles. The number of ether oxygens (including phenoxy) is 1. The summed E-state index contributed by atoms with van der Waals surface area (Å²) in [5, 5.41) is 8.58. The van der Waals surface area contributed by atoms with E-state index >= 15 is 0 Å². The Bertz CT molecular complexity index is 1350. The van der Waals surface area contributed by atoms with Crippen LogP contribution < -0.4 is 10.2 Å². The Morgan fingerprint density at radius 1 is 0.949 bits per heavy atom. The van der Waals surface area contributed by atoms with E-state index in [0.29, 0.717) is 11.0 Å². The van der Waals surface area contributed by atoms with Crippen LogP contribution in [0.4, 0.5) is 21.6 Å². The Kier molecular flexibility index (Phi) is 6.82. The summed E-state index contributed by atoms with van der Waals surface area (Å²) < 4.78 is 22.2. The third kappa shape index (κ3) is 5.13. The number of hydrogen-bond acceptors (Lipinski definition) is 5. The zero-order valence-corrected chi connectivity index (χ0v) is 22.9. The highest BCUT2D eigenvalue weighted by Gasteiger charge is 2.39. The van der Waals surface area contributed by atoms with Crippen LogP contribution in [0.2, 0.25) is 0 Å². The Morgan fingerprint density at radius 3 is 2.23 bits per heavy atom. The van der Waals surface area contributed by atoms with Crippen LogP contribution >= 0.6 is 0 Å². The molecule has 0 atom stereocenters. The quantitative estimate of drug-likeness (QED) is 0.374. The van der Waals surface area contributed by atoms with Gasteiger partial charge in [0.1, 0.15) is 11.6 Å². The first-order valence-electron chi connectivity index (χ1n) is 14.0. The van der Waals surface area contributed by atoms with Gasteiger partial charge in [-0.3, -0.25) is 0 Å². The van der Waals surface area contributed by atoms with Gasteiger partial charge < -0.3 is 19.9 Å². The van der Waals surface area contributed by atoms with Gasteiger partial charge in [0.15, 0.2) is 0 Å². The van der Waals surface area contributed by atoms with E-state index in [9.17, 15) is 4.39 Å². The third-order valence-electron chi connectivity index (χ3n) is 9.37. The molecule has 1 aromatic heterocycles. The number of fused-ring (bicyclic) bond motifs is 3. The van der Waals surface area contributed by atoms with Crippen LogP contribution in [-0.2, 0) is 4.74 Å². The molecule has 4 aliphatic heterocycles. The van der Waals surface area contributed by atoms with Crippen molar-refractivity contribution in [3.05, 3.63) is 65.8 Å². The first kappa shape index (κ1) is 25.8. The predicted molar refractivity (Wildman–Crippen MR) is 153 cm³/mol. The van der Waals surface area contributed by atoms with Crippen molar-refractivity contribution in [3.63, 3.8) is 0 Å². The van der Waals surface area contributed by atoms with Crippen molar-refractivity contribution < 1.29 is 9.13 Å². The molecule has 0 saturated carbocycles. The van der Waals surface area contributed by atoms with E-state index in [1.165, 1.54) is 50.7 Å². The number of rotatable bonds is 7. The number of nitrogens with one attached hydrogen (secondary N) is 1. The van der Waals surface area contributed by atoms with Gasteiger partial charge in [0.25, 0.3) is 0 Å². The molecule has 0 aliphatic carbocycles. The molecule has 0 spiro atoms. The highest BCUT2D eigenvalue weighted by molar-refractivity contribution is 5.69. The number of aromatic nitrogens is 2. The minimum atomic E-state index is -0.513. The number of hydrogen-bond donors (Lipinski definition) is 1. The summed E-state index contributed by atoms with van der Waals surface area (Å²) in [5.74, 6) is 0.280. The molecule has 2 aromatic carbocycles. The molecule has 39 heavy (non-hydrogen) atoms. The maximum absolute atomic E-state index is 14.6. The standard InChI is InChI=1S/C31H37FN6O/c1-30(39-3)10-18-37(19-11-30)24-5-7-25(8-6-24)38-28(23-4-9-27(33-2)26(32)20-23)21-29(35-38)34-22-31-12-15-36(16-13-31)17-14-31/h4-9,20-21H,10-19,22H2,1,3H3,(H,34,35). The Labute approximate surface area is 230 Å². The lowest BCUT2D eigenvalue weighted by atomic mass is 9.72. The van der Waals surface area contributed by atoms with Gasteiger partial charge in [-0.05, 0) is 94.4 Å². The minimum absolute atomic E-state index is 0.0290. The lowest BCUT2D eigenvalue weighted by Crippen LogP contribution is -2.50. The van der Waals surface area contributed by atoms with Gasteiger partial charge in [0, 0.05) is 44.1 Å². The number of anilines is 2. The van der Waals surface area contributed by atoms with Crippen LogP contribution in [0.5, 0.6) is 0 Å². The molecule has 4 aliphatic rings. The van der Waals surface area contributed by atoms with Crippen molar-refractivity contribution in [2.75, 3.05) is 56.6 Å². The largest absolute Gasteiger partial charge is 0.378 e. The molecular weight excluding hydrogens is 491 g/mol. The van der Waals surface area contributed by atoms with Gasteiger partial charge >= 0.3 is 0 Å². The van der Waals surface area contributed by atoms with Crippen molar-refractivity contribution >= 4 is 17.2 Å². The normalized spacial score (nSPS) is 23.9. The van der Waals surface area contributed by atoms with Gasteiger partial charge in [-0.25, -0.2) is 13.9 Å². The maximum atomic E-state index is 14.6. The van der Waals surface area contributed by atoms with Crippen LogP contribution in [0.3, 0.4) is 0 Å². The van der Waals surface area contributed by atoms with E-state index in [4.69, 9.17) is 16.4 Å². The second-order valence-corrected chi connectivity index (χ2v) is 11.7.